The van der Waals surface area contributed by atoms with Gasteiger partial charge in [0.05, 0.1) is 24.7 Å². The largest absolute Gasteiger partial charge is 0.464 e. The lowest BCUT2D eigenvalue weighted by atomic mass is 9.94. The standard InChI is InChI=1S/C32H36N2O6S/c1-41(36,37)29-9-6-24(7-10-29)27-8-11-30-28(20-27)22-39-32(40-30)26-12-14-34(15-13-26)31(35)25-4-2-23(3-5-25)21-33-16-18-38-19-17-33/h2-11,20,26,32H,12-19,21-22H2,1H3. The van der Waals surface area contributed by atoms with E-state index in [0.717, 1.165) is 73.7 Å². The van der Waals surface area contributed by atoms with Gasteiger partial charge in [-0.1, -0.05) is 30.3 Å². The molecule has 216 valence electrons. The van der Waals surface area contributed by atoms with E-state index in [-0.39, 0.29) is 18.1 Å². The predicted molar refractivity (Wildman–Crippen MR) is 155 cm³/mol. The number of hydrogen-bond donors (Lipinski definition) is 0. The maximum atomic E-state index is 13.2. The monoisotopic (exact) mass is 576 g/mol. The van der Waals surface area contributed by atoms with E-state index in [1.165, 1.54) is 11.8 Å². The summed E-state index contributed by atoms with van der Waals surface area (Å²) in [6.45, 7) is 6.14. The minimum absolute atomic E-state index is 0.0781. The molecule has 6 rings (SSSR count). The number of hydrogen-bond acceptors (Lipinski definition) is 7. The lowest BCUT2D eigenvalue weighted by Gasteiger charge is -2.37. The van der Waals surface area contributed by atoms with Gasteiger partial charge in [0.2, 0.25) is 6.29 Å². The summed E-state index contributed by atoms with van der Waals surface area (Å²) >= 11 is 0. The van der Waals surface area contributed by atoms with Crippen LogP contribution in [0.1, 0.15) is 34.3 Å². The van der Waals surface area contributed by atoms with E-state index in [9.17, 15) is 13.2 Å². The zero-order chi connectivity index (χ0) is 28.4. The summed E-state index contributed by atoms with van der Waals surface area (Å²) in [7, 11) is -3.23. The first-order valence-corrected chi connectivity index (χ1v) is 16.1. The molecule has 0 N–H and O–H groups in total. The highest BCUT2D eigenvalue weighted by atomic mass is 32.2. The highest BCUT2D eigenvalue weighted by Crippen LogP contribution is 2.35. The molecular formula is C32H36N2O6S. The average Bonchev–Trinajstić information content (AvgIpc) is 3.01. The number of rotatable bonds is 6. The molecular weight excluding hydrogens is 540 g/mol. The van der Waals surface area contributed by atoms with Crippen molar-refractivity contribution in [2.75, 3.05) is 45.6 Å². The quantitative estimate of drug-likeness (QED) is 0.431. The highest BCUT2D eigenvalue weighted by molar-refractivity contribution is 7.90. The summed E-state index contributed by atoms with van der Waals surface area (Å²) in [4.78, 5) is 17.8. The Bertz CT molecular complexity index is 1480. The van der Waals surface area contributed by atoms with E-state index in [1.54, 1.807) is 12.1 Å². The first-order chi connectivity index (χ1) is 19.8. The van der Waals surface area contributed by atoms with Crippen LogP contribution in [-0.2, 0) is 32.5 Å². The fourth-order valence-corrected chi connectivity index (χ4v) is 6.40. The maximum Gasteiger partial charge on any atom is 0.253 e. The number of carbonyl (C=O) groups is 1. The SMILES string of the molecule is CS(=O)(=O)c1ccc(-c2ccc3c(c2)COC(C2CCN(C(=O)c4ccc(CN5CCOCC5)cc4)CC2)O3)cc1. The van der Waals surface area contributed by atoms with Crippen LogP contribution in [0.2, 0.25) is 0 Å². The second-order valence-corrected chi connectivity index (χ2v) is 13.1. The molecule has 1 atom stereocenters. The minimum Gasteiger partial charge on any atom is -0.464 e. The van der Waals surface area contributed by atoms with Gasteiger partial charge in [0.15, 0.2) is 9.84 Å². The van der Waals surface area contributed by atoms with Crippen LogP contribution in [0.3, 0.4) is 0 Å². The number of ether oxygens (including phenoxy) is 3. The number of morpholine rings is 1. The molecule has 3 aromatic carbocycles. The molecule has 0 aromatic heterocycles. The molecule has 3 aliphatic rings. The van der Waals surface area contributed by atoms with Gasteiger partial charge in [-0.2, -0.15) is 0 Å². The van der Waals surface area contributed by atoms with Gasteiger partial charge in [-0.15, -0.1) is 0 Å². The number of piperidine rings is 1. The van der Waals surface area contributed by atoms with Gasteiger partial charge >= 0.3 is 0 Å². The Morgan fingerprint density at radius 3 is 2.24 bits per heavy atom. The Morgan fingerprint density at radius 2 is 1.56 bits per heavy atom. The molecule has 1 unspecified atom stereocenters. The van der Waals surface area contributed by atoms with Crippen LogP contribution < -0.4 is 4.74 Å². The van der Waals surface area contributed by atoms with E-state index >= 15 is 0 Å². The topological polar surface area (TPSA) is 85.4 Å². The molecule has 0 bridgehead atoms. The van der Waals surface area contributed by atoms with Crippen LogP contribution in [0, 0.1) is 5.92 Å². The Balaban J connectivity index is 1.02. The number of fused-ring (bicyclic) bond motifs is 1. The van der Waals surface area contributed by atoms with Crippen molar-refractivity contribution in [2.45, 2.75) is 37.2 Å². The van der Waals surface area contributed by atoms with Crippen molar-refractivity contribution in [3.63, 3.8) is 0 Å². The molecule has 9 heteroatoms. The van der Waals surface area contributed by atoms with E-state index in [4.69, 9.17) is 14.2 Å². The van der Waals surface area contributed by atoms with Gasteiger partial charge in [0.1, 0.15) is 5.75 Å². The summed E-state index contributed by atoms with van der Waals surface area (Å²) in [6, 6.07) is 20.9. The Labute approximate surface area is 241 Å². The zero-order valence-corrected chi connectivity index (χ0v) is 24.1. The van der Waals surface area contributed by atoms with Crippen LogP contribution in [0.25, 0.3) is 11.1 Å². The van der Waals surface area contributed by atoms with Crippen LogP contribution in [0.4, 0.5) is 0 Å². The molecule has 3 heterocycles. The first-order valence-electron chi connectivity index (χ1n) is 14.2. The molecule has 0 aliphatic carbocycles. The maximum absolute atomic E-state index is 13.2. The molecule has 0 spiro atoms. The zero-order valence-electron chi connectivity index (χ0n) is 23.3. The normalized spacial score (nSPS) is 20.3. The van der Waals surface area contributed by atoms with Crippen LogP contribution in [-0.4, -0.2) is 76.1 Å². The van der Waals surface area contributed by atoms with E-state index in [1.807, 2.05) is 47.4 Å². The summed E-state index contributed by atoms with van der Waals surface area (Å²) in [6.07, 6.45) is 2.52. The van der Waals surface area contributed by atoms with Crippen molar-refractivity contribution in [3.05, 3.63) is 83.4 Å². The van der Waals surface area contributed by atoms with Crippen LogP contribution >= 0.6 is 0 Å². The molecule has 41 heavy (non-hydrogen) atoms. The number of sulfone groups is 1. The van der Waals surface area contributed by atoms with Gasteiger partial charge in [0, 0.05) is 56.0 Å². The molecule has 2 fully saturated rings. The van der Waals surface area contributed by atoms with Crippen molar-refractivity contribution in [1.29, 1.82) is 0 Å². The Hall–Kier alpha value is -3.24. The van der Waals surface area contributed by atoms with E-state index in [0.29, 0.717) is 24.6 Å². The number of nitrogens with zero attached hydrogens (tertiary/aromatic N) is 2. The van der Waals surface area contributed by atoms with Crippen molar-refractivity contribution in [1.82, 2.24) is 9.80 Å². The highest BCUT2D eigenvalue weighted by Gasteiger charge is 2.33. The smallest absolute Gasteiger partial charge is 0.253 e. The van der Waals surface area contributed by atoms with Crippen molar-refractivity contribution < 1.29 is 27.4 Å². The molecule has 2 saturated heterocycles. The predicted octanol–water partition coefficient (Wildman–Crippen LogP) is 4.38. The second-order valence-electron chi connectivity index (χ2n) is 11.1. The van der Waals surface area contributed by atoms with Gasteiger partial charge in [-0.3, -0.25) is 9.69 Å². The molecule has 0 radical (unpaired) electrons. The summed E-state index contributed by atoms with van der Waals surface area (Å²) < 4.78 is 41.3. The second kappa shape index (κ2) is 11.9. The van der Waals surface area contributed by atoms with Gasteiger partial charge in [0.25, 0.3) is 5.91 Å². The minimum atomic E-state index is -3.23. The van der Waals surface area contributed by atoms with Crippen molar-refractivity contribution >= 4 is 15.7 Å². The average molecular weight is 577 g/mol. The van der Waals surface area contributed by atoms with Crippen molar-refractivity contribution in [3.8, 4) is 16.9 Å². The summed E-state index contributed by atoms with van der Waals surface area (Å²) in [5, 5.41) is 0. The number of benzene rings is 3. The fraction of sp³-hybridized carbons (Fsp3) is 0.406. The fourth-order valence-electron chi connectivity index (χ4n) is 5.77. The molecule has 8 nitrogen and oxygen atoms in total. The third kappa shape index (κ3) is 6.48. The third-order valence-electron chi connectivity index (χ3n) is 8.25. The summed E-state index contributed by atoms with van der Waals surface area (Å²) in [5.41, 5.74) is 4.83. The van der Waals surface area contributed by atoms with Crippen molar-refractivity contribution in [2.24, 2.45) is 5.92 Å². The number of carbonyl (C=O) groups excluding carboxylic acids is 1. The van der Waals surface area contributed by atoms with Gasteiger partial charge < -0.3 is 19.1 Å². The molecule has 1 amide bonds. The lowest BCUT2D eigenvalue weighted by molar-refractivity contribution is -0.148. The van der Waals surface area contributed by atoms with Gasteiger partial charge in [-0.05, 0) is 65.9 Å². The molecule has 0 saturated carbocycles. The van der Waals surface area contributed by atoms with Gasteiger partial charge in [-0.25, -0.2) is 8.42 Å². The Kier molecular flexibility index (Phi) is 8.12. The lowest BCUT2D eigenvalue weighted by Crippen LogP contribution is -2.44. The van der Waals surface area contributed by atoms with E-state index < -0.39 is 9.84 Å². The summed E-state index contributed by atoms with van der Waals surface area (Å²) in [5.74, 6) is 1.11. The number of amides is 1. The molecule has 3 aromatic rings. The molecule has 3 aliphatic heterocycles. The van der Waals surface area contributed by atoms with E-state index in [2.05, 4.69) is 17.0 Å². The first kappa shape index (κ1) is 27.9. The van der Waals surface area contributed by atoms with Crippen LogP contribution in [0.5, 0.6) is 5.75 Å². The van der Waals surface area contributed by atoms with Crippen LogP contribution in [0.15, 0.2) is 71.6 Å². The number of likely N-dealkylation sites (tertiary alicyclic amines) is 1. The third-order valence-corrected chi connectivity index (χ3v) is 9.37. The Morgan fingerprint density at radius 1 is 0.878 bits per heavy atom.